The lowest BCUT2D eigenvalue weighted by Gasteiger charge is -2.28. The molecule has 0 bridgehead atoms. The fourth-order valence-corrected chi connectivity index (χ4v) is 2.12. The summed E-state index contributed by atoms with van der Waals surface area (Å²) in [5.41, 5.74) is 2.61. The van der Waals surface area contributed by atoms with E-state index in [0.29, 0.717) is 19.0 Å². The van der Waals surface area contributed by atoms with Crippen LogP contribution in [-0.2, 0) is 0 Å². The first kappa shape index (κ1) is 13.2. The molecule has 0 aromatic carbocycles. The molecule has 0 amide bonds. The Morgan fingerprint density at radius 3 is 2.81 bits per heavy atom. The molecule has 1 aliphatic rings. The fraction of sp³-hybridized carbons (Fsp3) is 0.900. The van der Waals surface area contributed by atoms with Gasteiger partial charge in [-0.2, -0.15) is 0 Å². The van der Waals surface area contributed by atoms with Gasteiger partial charge in [-0.05, 0) is 27.4 Å². The van der Waals surface area contributed by atoms with E-state index in [2.05, 4.69) is 15.3 Å². The van der Waals surface area contributed by atoms with Crippen LogP contribution < -0.4 is 11.3 Å². The molecule has 4 N–H and O–H groups in total. The Balaban J connectivity index is 2.71. The van der Waals surface area contributed by atoms with Crippen molar-refractivity contribution in [1.29, 1.82) is 0 Å². The van der Waals surface area contributed by atoms with Gasteiger partial charge in [0.2, 0.25) is 5.96 Å². The molecule has 94 valence electrons. The largest absolute Gasteiger partial charge is 0.391 e. The van der Waals surface area contributed by atoms with Gasteiger partial charge in [0.15, 0.2) is 0 Å². The van der Waals surface area contributed by atoms with Gasteiger partial charge in [-0.1, -0.05) is 0 Å². The van der Waals surface area contributed by atoms with Crippen molar-refractivity contribution in [2.75, 3.05) is 33.7 Å². The topological polar surface area (TPSA) is 77.1 Å². The predicted octanol–water partition coefficient (Wildman–Crippen LogP) is -1.18. The van der Waals surface area contributed by atoms with Crippen LogP contribution in [0.4, 0.5) is 0 Å². The summed E-state index contributed by atoms with van der Waals surface area (Å²) in [6, 6.07) is 0.270. The number of likely N-dealkylation sites (N-methyl/N-ethyl adjacent to an activating group) is 1. The van der Waals surface area contributed by atoms with E-state index in [1.807, 2.05) is 25.9 Å². The summed E-state index contributed by atoms with van der Waals surface area (Å²) in [5, 5.41) is 9.71. The van der Waals surface area contributed by atoms with Gasteiger partial charge in [0.1, 0.15) is 0 Å². The quantitative estimate of drug-likeness (QED) is 0.246. The molecule has 1 rings (SSSR count). The van der Waals surface area contributed by atoms with Crippen molar-refractivity contribution in [3.05, 3.63) is 0 Å². The van der Waals surface area contributed by atoms with E-state index in [9.17, 15) is 5.11 Å². The molecular weight excluding hydrogens is 206 g/mol. The monoisotopic (exact) mass is 229 g/mol. The predicted molar refractivity (Wildman–Crippen MR) is 65.0 cm³/mol. The first-order chi connectivity index (χ1) is 7.58. The summed E-state index contributed by atoms with van der Waals surface area (Å²) >= 11 is 0. The molecule has 0 aromatic heterocycles. The van der Waals surface area contributed by atoms with Gasteiger partial charge in [-0.25, -0.2) is 5.84 Å². The van der Waals surface area contributed by atoms with Crippen LogP contribution in [0.3, 0.4) is 0 Å². The average Bonchev–Trinajstić information content (AvgIpc) is 2.55. The molecule has 1 aliphatic heterocycles. The van der Waals surface area contributed by atoms with Crippen LogP contribution in [0.25, 0.3) is 0 Å². The van der Waals surface area contributed by atoms with E-state index in [-0.39, 0.29) is 12.1 Å². The number of guanidine groups is 1. The molecule has 0 spiro atoms. The lowest BCUT2D eigenvalue weighted by atomic mass is 10.2. The number of nitrogens with two attached hydrogens (primary N) is 1. The zero-order chi connectivity index (χ0) is 12.1. The summed E-state index contributed by atoms with van der Waals surface area (Å²) in [4.78, 5) is 8.45. The number of aliphatic imine (C=N–C) groups is 1. The summed E-state index contributed by atoms with van der Waals surface area (Å²) in [6.07, 6.45) is 0.475. The highest BCUT2D eigenvalue weighted by molar-refractivity contribution is 5.80. The fourth-order valence-electron chi connectivity index (χ4n) is 2.12. The number of nitrogens with zero attached hydrogens (tertiary/aromatic N) is 3. The third-order valence-electron chi connectivity index (χ3n) is 2.68. The molecule has 2 atom stereocenters. The third kappa shape index (κ3) is 3.33. The second kappa shape index (κ2) is 6.03. The molecule has 6 nitrogen and oxygen atoms in total. The van der Waals surface area contributed by atoms with Gasteiger partial charge in [0.05, 0.1) is 6.10 Å². The van der Waals surface area contributed by atoms with Crippen molar-refractivity contribution in [2.45, 2.75) is 25.5 Å². The van der Waals surface area contributed by atoms with Crippen LogP contribution in [0.15, 0.2) is 4.99 Å². The number of aliphatic hydroxyl groups is 1. The minimum absolute atomic E-state index is 0.270. The first-order valence-corrected chi connectivity index (χ1v) is 5.69. The number of β-amino-alcohol motifs (C(OH)–C–C–N with tert-alkyl or cyclic N) is 1. The number of aliphatic hydroxyl groups excluding tert-OH is 1. The van der Waals surface area contributed by atoms with E-state index in [0.717, 1.165) is 13.0 Å². The zero-order valence-electron chi connectivity index (χ0n) is 10.3. The Labute approximate surface area is 97.1 Å². The van der Waals surface area contributed by atoms with Gasteiger partial charge in [-0.3, -0.25) is 10.4 Å². The smallest absolute Gasteiger partial charge is 0.208 e. The second-order valence-corrected chi connectivity index (χ2v) is 4.40. The maximum atomic E-state index is 9.71. The lowest BCUT2D eigenvalue weighted by molar-refractivity contribution is 0.187. The molecule has 2 unspecified atom stereocenters. The van der Waals surface area contributed by atoms with E-state index < -0.39 is 0 Å². The Morgan fingerprint density at radius 1 is 1.62 bits per heavy atom. The summed E-state index contributed by atoms with van der Waals surface area (Å²) in [5.74, 6) is 6.13. The number of hydrogen-bond donors (Lipinski definition) is 3. The molecule has 0 radical (unpaired) electrons. The van der Waals surface area contributed by atoms with Crippen LogP contribution in [-0.4, -0.2) is 66.7 Å². The average molecular weight is 229 g/mol. The second-order valence-electron chi connectivity index (χ2n) is 4.40. The maximum Gasteiger partial charge on any atom is 0.208 e. The Hall–Kier alpha value is -0.850. The lowest BCUT2D eigenvalue weighted by Crippen LogP contribution is -2.49. The number of nitrogens with one attached hydrogen (secondary N) is 1. The number of hydrogen-bond acceptors (Lipinski definition) is 4. The van der Waals surface area contributed by atoms with Crippen LogP contribution in [0, 0.1) is 0 Å². The van der Waals surface area contributed by atoms with Crippen molar-refractivity contribution in [3.8, 4) is 0 Å². The van der Waals surface area contributed by atoms with Crippen molar-refractivity contribution in [3.63, 3.8) is 0 Å². The molecule has 0 aliphatic carbocycles. The molecule has 6 heteroatoms. The minimum atomic E-state index is -0.291. The molecule has 0 aromatic rings. The molecular formula is C10H23N5O. The van der Waals surface area contributed by atoms with Crippen LogP contribution in [0.2, 0.25) is 0 Å². The van der Waals surface area contributed by atoms with E-state index in [1.165, 1.54) is 0 Å². The normalized spacial score (nSPS) is 26.6. The van der Waals surface area contributed by atoms with Crippen molar-refractivity contribution >= 4 is 5.96 Å². The van der Waals surface area contributed by atoms with Gasteiger partial charge < -0.3 is 14.9 Å². The van der Waals surface area contributed by atoms with Crippen LogP contribution in [0.1, 0.15) is 13.3 Å². The van der Waals surface area contributed by atoms with Gasteiger partial charge >= 0.3 is 0 Å². The highest BCUT2D eigenvalue weighted by atomic mass is 16.3. The number of rotatable bonds is 3. The summed E-state index contributed by atoms with van der Waals surface area (Å²) < 4.78 is 0. The van der Waals surface area contributed by atoms with Crippen molar-refractivity contribution < 1.29 is 5.11 Å². The van der Waals surface area contributed by atoms with Gasteiger partial charge in [0.25, 0.3) is 0 Å². The molecule has 1 fully saturated rings. The summed E-state index contributed by atoms with van der Waals surface area (Å²) in [6.45, 7) is 4.13. The highest BCUT2D eigenvalue weighted by Crippen LogP contribution is 2.18. The van der Waals surface area contributed by atoms with E-state index in [1.54, 1.807) is 0 Å². The van der Waals surface area contributed by atoms with Crippen molar-refractivity contribution in [1.82, 2.24) is 15.2 Å². The molecule has 1 saturated heterocycles. The first-order valence-electron chi connectivity index (χ1n) is 5.69. The van der Waals surface area contributed by atoms with Gasteiger partial charge in [0, 0.05) is 25.7 Å². The van der Waals surface area contributed by atoms with Crippen LogP contribution in [0.5, 0.6) is 0 Å². The molecule has 16 heavy (non-hydrogen) atoms. The Kier molecular flexibility index (Phi) is 4.98. The molecule has 0 saturated carbocycles. The Morgan fingerprint density at radius 2 is 2.31 bits per heavy atom. The SMILES string of the molecule is CCN=C(NN)N1CC(O)CC1CN(C)C. The molecule has 1 heterocycles. The Bertz CT molecular complexity index is 243. The summed E-state index contributed by atoms with van der Waals surface area (Å²) in [7, 11) is 4.05. The minimum Gasteiger partial charge on any atom is -0.391 e. The van der Waals surface area contributed by atoms with Crippen LogP contribution >= 0.6 is 0 Å². The zero-order valence-corrected chi connectivity index (χ0v) is 10.3. The highest BCUT2D eigenvalue weighted by Gasteiger charge is 2.33. The third-order valence-corrected chi connectivity index (χ3v) is 2.68. The number of hydrazine groups is 1. The standard InChI is InChI=1S/C10H23N5O/c1-4-12-10(13-11)15-7-9(16)5-8(15)6-14(2)3/h8-9,16H,4-7,11H2,1-3H3,(H,12,13). The van der Waals surface area contributed by atoms with E-state index >= 15 is 0 Å². The number of likely N-dealkylation sites (tertiary alicyclic amines) is 1. The van der Waals surface area contributed by atoms with Crippen molar-refractivity contribution in [2.24, 2.45) is 10.8 Å². The van der Waals surface area contributed by atoms with E-state index in [4.69, 9.17) is 5.84 Å². The maximum absolute atomic E-state index is 9.71. The van der Waals surface area contributed by atoms with Gasteiger partial charge in [-0.15, -0.1) is 0 Å².